The minimum atomic E-state index is 0.668. The predicted octanol–water partition coefficient (Wildman–Crippen LogP) is 1.26. The Morgan fingerprint density at radius 1 is 1.31 bits per heavy atom. The van der Waals surface area contributed by atoms with Gasteiger partial charge in [-0.15, -0.1) is 5.10 Å². The smallest absolute Gasteiger partial charge is 0.225 e. The number of H-pyrrole nitrogens is 1. The van der Waals surface area contributed by atoms with E-state index in [1.807, 2.05) is 11.6 Å². The van der Waals surface area contributed by atoms with Gasteiger partial charge >= 0.3 is 0 Å². The van der Waals surface area contributed by atoms with Crippen molar-refractivity contribution in [1.82, 2.24) is 19.7 Å². The molecule has 0 unspecified atom stereocenters. The summed E-state index contributed by atoms with van der Waals surface area (Å²) in [5.74, 6) is 0.925. The Kier molecular flexibility index (Phi) is 4.95. The highest BCUT2D eigenvalue weighted by Crippen LogP contribution is 2.09. The van der Waals surface area contributed by atoms with Crippen LogP contribution in [0.4, 0.5) is 5.95 Å². The van der Waals surface area contributed by atoms with E-state index in [2.05, 4.69) is 41.0 Å². The molecule has 1 N–H and O–H groups in total. The molecular weight excluding hydrogens is 222 g/mol. The summed E-state index contributed by atoms with van der Waals surface area (Å²) in [5, 5.41) is 7.09. The van der Waals surface area contributed by atoms with Crippen molar-refractivity contribution in [2.24, 2.45) is 7.05 Å². The first kappa shape index (κ1) is 13.2. The number of aromatic amines is 1. The molecule has 0 amide bonds. The fraction of sp³-hybridized carbons (Fsp3) is 0.800. The molecule has 0 saturated carbocycles. The molecular formula is C10H21N5S. The van der Waals surface area contributed by atoms with Crippen molar-refractivity contribution in [2.75, 3.05) is 38.6 Å². The minimum Gasteiger partial charge on any atom is -0.340 e. The number of hydrogen-bond acceptors (Lipinski definition) is 4. The highest BCUT2D eigenvalue weighted by molar-refractivity contribution is 7.71. The SMILES string of the molecule is CCCN(CCN(C)C)c1n[nH]c(=S)n1C. The van der Waals surface area contributed by atoms with Gasteiger partial charge in [0.15, 0.2) is 4.77 Å². The van der Waals surface area contributed by atoms with Crippen LogP contribution >= 0.6 is 12.2 Å². The van der Waals surface area contributed by atoms with Crippen LogP contribution in [-0.2, 0) is 7.05 Å². The summed E-state index contributed by atoms with van der Waals surface area (Å²) >= 11 is 5.12. The van der Waals surface area contributed by atoms with Crippen LogP contribution in [-0.4, -0.2) is 53.4 Å². The molecule has 1 aromatic heterocycles. The van der Waals surface area contributed by atoms with Gasteiger partial charge in [0.1, 0.15) is 0 Å². The molecule has 5 nitrogen and oxygen atoms in total. The summed E-state index contributed by atoms with van der Waals surface area (Å²) in [5.41, 5.74) is 0. The molecule has 0 atom stereocenters. The first-order valence-electron chi connectivity index (χ1n) is 5.57. The van der Waals surface area contributed by atoms with E-state index in [-0.39, 0.29) is 0 Å². The molecule has 0 spiro atoms. The van der Waals surface area contributed by atoms with Crippen molar-refractivity contribution in [3.8, 4) is 0 Å². The summed E-state index contributed by atoms with van der Waals surface area (Å²) < 4.78 is 2.58. The maximum Gasteiger partial charge on any atom is 0.225 e. The topological polar surface area (TPSA) is 40.1 Å². The fourth-order valence-electron chi connectivity index (χ4n) is 1.52. The van der Waals surface area contributed by atoms with Crippen LogP contribution < -0.4 is 4.90 Å². The maximum atomic E-state index is 5.12. The van der Waals surface area contributed by atoms with E-state index in [0.717, 1.165) is 32.0 Å². The zero-order valence-corrected chi connectivity index (χ0v) is 11.3. The molecule has 16 heavy (non-hydrogen) atoms. The van der Waals surface area contributed by atoms with Gasteiger partial charge in [-0.25, -0.2) is 5.10 Å². The third-order valence-corrected chi connectivity index (χ3v) is 2.81. The average molecular weight is 243 g/mol. The second-order valence-electron chi connectivity index (χ2n) is 4.18. The van der Waals surface area contributed by atoms with Gasteiger partial charge in [-0.05, 0) is 32.7 Å². The number of likely N-dealkylation sites (N-methyl/N-ethyl adjacent to an activating group) is 1. The van der Waals surface area contributed by atoms with Crippen LogP contribution in [0.3, 0.4) is 0 Å². The third-order valence-electron chi connectivity index (χ3n) is 2.45. The van der Waals surface area contributed by atoms with Crippen LogP contribution in [0.1, 0.15) is 13.3 Å². The van der Waals surface area contributed by atoms with Gasteiger partial charge in [-0.1, -0.05) is 6.92 Å². The van der Waals surface area contributed by atoms with E-state index < -0.39 is 0 Å². The zero-order chi connectivity index (χ0) is 12.1. The van der Waals surface area contributed by atoms with Crippen LogP contribution in [0.5, 0.6) is 0 Å². The Morgan fingerprint density at radius 2 is 2.00 bits per heavy atom. The van der Waals surface area contributed by atoms with E-state index >= 15 is 0 Å². The lowest BCUT2D eigenvalue weighted by Crippen LogP contribution is -2.34. The molecule has 1 heterocycles. The van der Waals surface area contributed by atoms with Crippen molar-refractivity contribution >= 4 is 18.2 Å². The van der Waals surface area contributed by atoms with Gasteiger partial charge in [-0.3, -0.25) is 4.57 Å². The van der Waals surface area contributed by atoms with E-state index in [0.29, 0.717) is 4.77 Å². The molecule has 0 aliphatic carbocycles. The number of nitrogens with zero attached hydrogens (tertiary/aromatic N) is 4. The lowest BCUT2D eigenvalue weighted by Gasteiger charge is -2.24. The average Bonchev–Trinajstić information content (AvgIpc) is 2.55. The van der Waals surface area contributed by atoms with Gasteiger partial charge in [-0.2, -0.15) is 0 Å². The van der Waals surface area contributed by atoms with Crippen LogP contribution in [0.2, 0.25) is 0 Å². The lowest BCUT2D eigenvalue weighted by molar-refractivity contribution is 0.411. The number of anilines is 1. The summed E-state index contributed by atoms with van der Waals surface area (Å²) in [6.07, 6.45) is 1.10. The zero-order valence-electron chi connectivity index (χ0n) is 10.5. The number of rotatable bonds is 6. The van der Waals surface area contributed by atoms with Gasteiger partial charge in [0.05, 0.1) is 0 Å². The van der Waals surface area contributed by atoms with Gasteiger partial charge < -0.3 is 9.80 Å². The summed E-state index contributed by atoms with van der Waals surface area (Å²) in [4.78, 5) is 4.43. The molecule has 0 aliphatic heterocycles. The summed E-state index contributed by atoms with van der Waals surface area (Å²) in [7, 11) is 6.10. The standard InChI is InChI=1S/C10H21N5S/c1-5-6-15(8-7-13(2)3)9-11-12-10(16)14(9)4/h5-8H2,1-4H3,(H,12,16). The highest BCUT2D eigenvalue weighted by Gasteiger charge is 2.11. The Labute approximate surface area is 102 Å². The second-order valence-corrected chi connectivity index (χ2v) is 4.56. The molecule has 0 radical (unpaired) electrons. The van der Waals surface area contributed by atoms with E-state index in [9.17, 15) is 0 Å². The molecule has 1 rings (SSSR count). The summed E-state index contributed by atoms with van der Waals surface area (Å²) in [6, 6.07) is 0. The Hall–Kier alpha value is -0.880. The van der Waals surface area contributed by atoms with Crippen molar-refractivity contribution in [2.45, 2.75) is 13.3 Å². The van der Waals surface area contributed by atoms with Crippen molar-refractivity contribution in [3.63, 3.8) is 0 Å². The monoisotopic (exact) mass is 243 g/mol. The third kappa shape index (κ3) is 3.31. The van der Waals surface area contributed by atoms with Gasteiger partial charge in [0, 0.05) is 26.7 Å². The van der Waals surface area contributed by atoms with Crippen LogP contribution in [0.25, 0.3) is 0 Å². The Balaban J connectivity index is 2.76. The van der Waals surface area contributed by atoms with E-state index in [1.165, 1.54) is 0 Å². The van der Waals surface area contributed by atoms with Crippen LogP contribution in [0.15, 0.2) is 0 Å². The first-order chi connectivity index (χ1) is 7.56. The summed E-state index contributed by atoms with van der Waals surface area (Å²) in [6.45, 7) is 5.15. The minimum absolute atomic E-state index is 0.668. The molecule has 0 fully saturated rings. The Bertz CT molecular complexity index is 368. The lowest BCUT2D eigenvalue weighted by atomic mass is 10.4. The number of nitrogens with one attached hydrogen (secondary N) is 1. The van der Waals surface area contributed by atoms with Crippen molar-refractivity contribution < 1.29 is 0 Å². The van der Waals surface area contributed by atoms with Crippen LogP contribution in [0, 0.1) is 4.77 Å². The molecule has 0 aromatic carbocycles. The molecule has 0 saturated heterocycles. The quantitative estimate of drug-likeness (QED) is 0.764. The first-order valence-corrected chi connectivity index (χ1v) is 5.98. The maximum absolute atomic E-state index is 5.12. The molecule has 0 aliphatic rings. The van der Waals surface area contributed by atoms with Gasteiger partial charge in [0.2, 0.25) is 5.95 Å². The van der Waals surface area contributed by atoms with E-state index in [1.54, 1.807) is 0 Å². The number of aromatic nitrogens is 3. The molecule has 0 bridgehead atoms. The predicted molar refractivity (Wildman–Crippen MR) is 69.5 cm³/mol. The van der Waals surface area contributed by atoms with Gasteiger partial charge in [0.25, 0.3) is 0 Å². The largest absolute Gasteiger partial charge is 0.340 e. The molecule has 6 heteroatoms. The molecule has 1 aromatic rings. The second kappa shape index (κ2) is 6.00. The van der Waals surface area contributed by atoms with Crippen molar-refractivity contribution in [1.29, 1.82) is 0 Å². The van der Waals surface area contributed by atoms with E-state index in [4.69, 9.17) is 12.2 Å². The highest BCUT2D eigenvalue weighted by atomic mass is 32.1. The number of hydrogen-bond donors (Lipinski definition) is 1. The fourth-order valence-corrected chi connectivity index (χ4v) is 1.65. The normalized spacial score (nSPS) is 11.1. The Morgan fingerprint density at radius 3 is 2.44 bits per heavy atom. The van der Waals surface area contributed by atoms with Crippen molar-refractivity contribution in [3.05, 3.63) is 4.77 Å². The molecule has 92 valence electrons.